The van der Waals surface area contributed by atoms with E-state index in [1.807, 2.05) is 0 Å². The van der Waals surface area contributed by atoms with E-state index in [1.54, 1.807) is 12.1 Å². The van der Waals surface area contributed by atoms with E-state index in [2.05, 4.69) is 5.32 Å². The highest BCUT2D eigenvalue weighted by Gasteiger charge is 2.15. The molecule has 1 aromatic carbocycles. The first-order valence-corrected chi connectivity index (χ1v) is 4.40. The predicted octanol–water partition coefficient (Wildman–Crippen LogP) is -0.00420. The van der Waals surface area contributed by atoms with E-state index in [4.69, 9.17) is 5.73 Å². The molecule has 0 spiro atoms. The number of hydrogen-bond acceptors (Lipinski definition) is 3. The van der Waals surface area contributed by atoms with E-state index < -0.39 is 17.9 Å². The number of hydrogen-bond donors (Lipinski definition) is 3. The maximum absolute atomic E-state index is 11.5. The molecule has 0 heterocycles. The maximum atomic E-state index is 11.5. The molecular formula is C10H12N2O3. The number of aromatic hydroxyl groups is 1. The van der Waals surface area contributed by atoms with Gasteiger partial charge in [0.05, 0.1) is 5.56 Å². The van der Waals surface area contributed by atoms with Gasteiger partial charge in [0.1, 0.15) is 11.8 Å². The lowest BCUT2D eigenvalue weighted by molar-refractivity contribution is -0.119. The van der Waals surface area contributed by atoms with Crippen molar-refractivity contribution in [3.63, 3.8) is 0 Å². The molecule has 0 saturated carbocycles. The first-order chi connectivity index (χ1) is 7.02. The van der Waals surface area contributed by atoms with Crippen LogP contribution in [-0.4, -0.2) is 23.0 Å². The van der Waals surface area contributed by atoms with Gasteiger partial charge >= 0.3 is 0 Å². The molecule has 0 bridgehead atoms. The van der Waals surface area contributed by atoms with Crippen molar-refractivity contribution in [1.82, 2.24) is 5.32 Å². The van der Waals surface area contributed by atoms with Crippen LogP contribution >= 0.6 is 0 Å². The molecule has 0 saturated heterocycles. The number of para-hydroxylation sites is 1. The molecule has 0 fully saturated rings. The second kappa shape index (κ2) is 4.45. The van der Waals surface area contributed by atoms with Crippen LogP contribution in [0.2, 0.25) is 0 Å². The molecule has 5 heteroatoms. The van der Waals surface area contributed by atoms with Crippen LogP contribution in [0.1, 0.15) is 17.3 Å². The lowest BCUT2D eigenvalue weighted by atomic mass is 10.2. The van der Waals surface area contributed by atoms with Gasteiger partial charge in [0, 0.05) is 0 Å². The van der Waals surface area contributed by atoms with Crippen LogP contribution in [-0.2, 0) is 4.79 Å². The van der Waals surface area contributed by atoms with Crippen LogP contribution in [0.4, 0.5) is 0 Å². The Balaban J connectivity index is 2.78. The number of rotatable bonds is 3. The van der Waals surface area contributed by atoms with Gasteiger partial charge in [0.25, 0.3) is 5.91 Å². The summed E-state index contributed by atoms with van der Waals surface area (Å²) in [5.74, 6) is -1.29. The Bertz CT molecular complexity index is 390. The Morgan fingerprint density at radius 3 is 2.53 bits per heavy atom. The lowest BCUT2D eigenvalue weighted by Gasteiger charge is -2.10. The van der Waals surface area contributed by atoms with Crippen molar-refractivity contribution in [3.05, 3.63) is 29.8 Å². The van der Waals surface area contributed by atoms with Crippen molar-refractivity contribution >= 4 is 11.8 Å². The number of nitrogens with two attached hydrogens (primary N) is 1. The van der Waals surface area contributed by atoms with Gasteiger partial charge in [0.15, 0.2) is 0 Å². The van der Waals surface area contributed by atoms with Crippen molar-refractivity contribution in [2.75, 3.05) is 0 Å². The number of carbonyl (C=O) groups is 2. The third-order valence-corrected chi connectivity index (χ3v) is 1.92. The van der Waals surface area contributed by atoms with Crippen LogP contribution in [0.15, 0.2) is 24.3 Å². The van der Waals surface area contributed by atoms with Gasteiger partial charge in [-0.1, -0.05) is 12.1 Å². The zero-order valence-electron chi connectivity index (χ0n) is 8.23. The molecule has 0 radical (unpaired) electrons. The van der Waals surface area contributed by atoms with Gasteiger partial charge in [-0.2, -0.15) is 0 Å². The second-order valence-electron chi connectivity index (χ2n) is 3.11. The maximum Gasteiger partial charge on any atom is 0.255 e. The molecule has 5 nitrogen and oxygen atoms in total. The summed E-state index contributed by atoms with van der Waals surface area (Å²) in [5.41, 5.74) is 5.10. The normalized spacial score (nSPS) is 11.8. The number of amides is 2. The summed E-state index contributed by atoms with van der Waals surface area (Å²) in [4.78, 5) is 22.2. The Labute approximate surface area is 86.9 Å². The highest BCUT2D eigenvalue weighted by molar-refractivity contribution is 5.99. The fourth-order valence-corrected chi connectivity index (χ4v) is 1.01. The molecule has 0 aliphatic carbocycles. The molecule has 0 aliphatic rings. The minimum atomic E-state index is -0.767. The van der Waals surface area contributed by atoms with Crippen LogP contribution in [0.5, 0.6) is 5.75 Å². The Morgan fingerprint density at radius 1 is 1.40 bits per heavy atom. The number of primary amides is 1. The van der Waals surface area contributed by atoms with Gasteiger partial charge in [-0.05, 0) is 19.1 Å². The van der Waals surface area contributed by atoms with Gasteiger partial charge < -0.3 is 16.2 Å². The summed E-state index contributed by atoms with van der Waals surface area (Å²) in [7, 11) is 0. The quantitative estimate of drug-likeness (QED) is 0.652. The Kier molecular flexibility index (Phi) is 3.28. The highest BCUT2D eigenvalue weighted by Crippen LogP contribution is 2.15. The first kappa shape index (κ1) is 11.0. The summed E-state index contributed by atoms with van der Waals surface area (Å²) in [6, 6.07) is 5.30. The van der Waals surface area contributed by atoms with E-state index in [0.29, 0.717) is 0 Å². The summed E-state index contributed by atoms with van der Waals surface area (Å²) in [5, 5.41) is 11.7. The summed E-state index contributed by atoms with van der Waals surface area (Å²) in [6.07, 6.45) is 0. The Morgan fingerprint density at radius 2 is 2.00 bits per heavy atom. The molecule has 1 rings (SSSR count). The highest BCUT2D eigenvalue weighted by atomic mass is 16.3. The van der Waals surface area contributed by atoms with Crippen molar-refractivity contribution < 1.29 is 14.7 Å². The van der Waals surface area contributed by atoms with E-state index >= 15 is 0 Å². The fourth-order valence-electron chi connectivity index (χ4n) is 1.01. The standard InChI is InChI=1S/C10H12N2O3/c1-6(9(11)14)12-10(15)7-4-2-3-5-8(7)13/h2-6,13H,1H3,(H2,11,14)(H,12,15). The predicted molar refractivity (Wildman–Crippen MR) is 54.2 cm³/mol. The van der Waals surface area contributed by atoms with Crippen molar-refractivity contribution in [3.8, 4) is 5.75 Å². The Hall–Kier alpha value is -2.04. The largest absolute Gasteiger partial charge is 0.507 e. The van der Waals surface area contributed by atoms with E-state index in [0.717, 1.165) is 0 Å². The molecule has 15 heavy (non-hydrogen) atoms. The minimum Gasteiger partial charge on any atom is -0.507 e. The number of phenols is 1. The van der Waals surface area contributed by atoms with Crippen molar-refractivity contribution in [2.45, 2.75) is 13.0 Å². The van der Waals surface area contributed by atoms with Crippen LogP contribution < -0.4 is 11.1 Å². The van der Waals surface area contributed by atoms with Crippen molar-refractivity contribution in [2.24, 2.45) is 5.73 Å². The molecule has 80 valence electrons. The average Bonchev–Trinajstić information content (AvgIpc) is 2.18. The fraction of sp³-hybridized carbons (Fsp3) is 0.200. The first-order valence-electron chi connectivity index (χ1n) is 4.40. The smallest absolute Gasteiger partial charge is 0.255 e. The van der Waals surface area contributed by atoms with Crippen molar-refractivity contribution in [1.29, 1.82) is 0 Å². The van der Waals surface area contributed by atoms with Crippen LogP contribution in [0.3, 0.4) is 0 Å². The molecule has 0 aliphatic heterocycles. The lowest BCUT2D eigenvalue weighted by Crippen LogP contribution is -2.42. The topological polar surface area (TPSA) is 92.4 Å². The molecule has 1 atom stereocenters. The number of phenolic OH excluding ortho intramolecular Hbond substituents is 1. The van der Waals surface area contributed by atoms with Crippen LogP contribution in [0, 0.1) is 0 Å². The van der Waals surface area contributed by atoms with Gasteiger partial charge in [0.2, 0.25) is 5.91 Å². The van der Waals surface area contributed by atoms with E-state index in [-0.39, 0.29) is 11.3 Å². The summed E-state index contributed by atoms with van der Waals surface area (Å²) >= 11 is 0. The molecule has 1 aromatic rings. The summed E-state index contributed by atoms with van der Waals surface area (Å²) in [6.45, 7) is 1.47. The summed E-state index contributed by atoms with van der Waals surface area (Å²) < 4.78 is 0. The van der Waals surface area contributed by atoms with Gasteiger partial charge in [-0.3, -0.25) is 9.59 Å². The SMILES string of the molecule is CC(NC(=O)c1ccccc1O)C(N)=O. The molecule has 4 N–H and O–H groups in total. The third kappa shape index (κ3) is 2.70. The monoisotopic (exact) mass is 208 g/mol. The van der Waals surface area contributed by atoms with E-state index in [1.165, 1.54) is 19.1 Å². The molecule has 2 amide bonds. The zero-order valence-corrected chi connectivity index (χ0v) is 8.23. The zero-order chi connectivity index (χ0) is 11.4. The van der Waals surface area contributed by atoms with E-state index in [9.17, 15) is 14.7 Å². The van der Waals surface area contributed by atoms with Gasteiger partial charge in [-0.15, -0.1) is 0 Å². The number of nitrogens with one attached hydrogen (secondary N) is 1. The molecular weight excluding hydrogens is 196 g/mol. The molecule has 1 unspecified atom stereocenters. The minimum absolute atomic E-state index is 0.116. The average molecular weight is 208 g/mol. The second-order valence-corrected chi connectivity index (χ2v) is 3.11. The van der Waals surface area contributed by atoms with Gasteiger partial charge in [-0.25, -0.2) is 0 Å². The molecule has 0 aromatic heterocycles. The number of benzene rings is 1. The number of carbonyl (C=O) groups excluding carboxylic acids is 2. The third-order valence-electron chi connectivity index (χ3n) is 1.92. The van der Waals surface area contributed by atoms with Crippen LogP contribution in [0.25, 0.3) is 0 Å².